The first-order valence-corrected chi connectivity index (χ1v) is 9.26. The third-order valence-corrected chi connectivity index (χ3v) is 6.07. The SMILES string of the molecule is Cc1nc(NC(=O)c2csc3c2CCCC3)sc1C(=O)N(C)C. The van der Waals surface area contributed by atoms with E-state index < -0.39 is 0 Å². The van der Waals surface area contributed by atoms with Crippen LogP contribution in [-0.2, 0) is 12.8 Å². The van der Waals surface area contributed by atoms with E-state index in [1.165, 1.54) is 33.1 Å². The van der Waals surface area contributed by atoms with Gasteiger partial charge in [-0.3, -0.25) is 14.9 Å². The lowest BCUT2D eigenvalue weighted by Crippen LogP contribution is -2.21. The first kappa shape index (κ1) is 16.1. The van der Waals surface area contributed by atoms with Gasteiger partial charge in [0.15, 0.2) is 5.13 Å². The standard InChI is InChI=1S/C16H19N3O2S2/c1-9-13(15(21)19(2)3)23-16(17-9)18-14(20)11-8-22-12-7-5-4-6-10(11)12/h8H,4-7H2,1-3H3,(H,17,18,20). The van der Waals surface area contributed by atoms with Crippen LogP contribution in [0.25, 0.3) is 0 Å². The zero-order valence-corrected chi connectivity index (χ0v) is 15.1. The van der Waals surface area contributed by atoms with Gasteiger partial charge in [-0.2, -0.15) is 0 Å². The van der Waals surface area contributed by atoms with Gasteiger partial charge in [-0.1, -0.05) is 11.3 Å². The third-order valence-electron chi connectivity index (χ3n) is 3.92. The Morgan fingerprint density at radius 2 is 2.00 bits per heavy atom. The number of carbonyl (C=O) groups excluding carboxylic acids is 2. The lowest BCUT2D eigenvalue weighted by atomic mass is 9.96. The Bertz CT molecular complexity index is 761. The monoisotopic (exact) mass is 349 g/mol. The van der Waals surface area contributed by atoms with Gasteiger partial charge >= 0.3 is 0 Å². The Labute approximate surface area is 143 Å². The maximum Gasteiger partial charge on any atom is 0.265 e. The molecular formula is C16H19N3O2S2. The molecule has 0 radical (unpaired) electrons. The van der Waals surface area contributed by atoms with E-state index in [-0.39, 0.29) is 11.8 Å². The smallest absolute Gasteiger partial charge is 0.265 e. The number of aryl methyl sites for hydroxylation is 2. The second kappa shape index (κ2) is 6.41. The topological polar surface area (TPSA) is 62.3 Å². The van der Waals surface area contributed by atoms with Gasteiger partial charge < -0.3 is 4.90 Å². The molecule has 2 aromatic rings. The van der Waals surface area contributed by atoms with Crippen molar-refractivity contribution in [3.8, 4) is 0 Å². The molecule has 0 fully saturated rings. The van der Waals surface area contributed by atoms with Crippen LogP contribution in [0.15, 0.2) is 5.38 Å². The number of rotatable bonds is 3. The Morgan fingerprint density at radius 3 is 2.74 bits per heavy atom. The number of hydrogen-bond donors (Lipinski definition) is 1. The van der Waals surface area contributed by atoms with Gasteiger partial charge in [0, 0.05) is 24.4 Å². The summed E-state index contributed by atoms with van der Waals surface area (Å²) in [6.45, 7) is 1.79. The molecule has 1 N–H and O–H groups in total. The fourth-order valence-electron chi connectivity index (χ4n) is 2.70. The maximum atomic E-state index is 12.5. The van der Waals surface area contributed by atoms with Crippen LogP contribution in [0, 0.1) is 6.92 Å². The summed E-state index contributed by atoms with van der Waals surface area (Å²) >= 11 is 2.90. The van der Waals surface area contributed by atoms with Gasteiger partial charge in [-0.25, -0.2) is 4.98 Å². The van der Waals surface area contributed by atoms with E-state index in [1.807, 2.05) is 5.38 Å². The van der Waals surface area contributed by atoms with E-state index in [4.69, 9.17) is 0 Å². The predicted octanol–water partition coefficient (Wildman–Crippen LogP) is 3.35. The molecule has 1 aliphatic rings. The van der Waals surface area contributed by atoms with E-state index in [2.05, 4.69) is 10.3 Å². The van der Waals surface area contributed by atoms with Crippen molar-refractivity contribution in [2.45, 2.75) is 32.6 Å². The number of fused-ring (bicyclic) bond motifs is 1. The van der Waals surface area contributed by atoms with Gasteiger partial charge in [-0.15, -0.1) is 11.3 Å². The molecular weight excluding hydrogens is 330 g/mol. The summed E-state index contributed by atoms with van der Waals surface area (Å²) in [7, 11) is 3.41. The quantitative estimate of drug-likeness (QED) is 0.924. The van der Waals surface area contributed by atoms with Crippen molar-refractivity contribution in [1.29, 1.82) is 0 Å². The van der Waals surface area contributed by atoms with Crippen molar-refractivity contribution in [3.63, 3.8) is 0 Å². The first-order valence-electron chi connectivity index (χ1n) is 7.57. The summed E-state index contributed by atoms with van der Waals surface area (Å²) in [4.78, 5) is 32.3. The second-order valence-corrected chi connectivity index (χ2v) is 7.81. The molecule has 2 aromatic heterocycles. The number of nitrogens with zero attached hydrogens (tertiary/aromatic N) is 2. The fraction of sp³-hybridized carbons (Fsp3) is 0.438. The number of carbonyl (C=O) groups is 2. The van der Waals surface area contributed by atoms with E-state index in [1.54, 1.807) is 32.4 Å². The zero-order chi connectivity index (χ0) is 16.6. The van der Waals surface area contributed by atoms with Crippen LogP contribution in [0.5, 0.6) is 0 Å². The highest BCUT2D eigenvalue weighted by atomic mass is 32.1. The molecule has 0 saturated heterocycles. The third kappa shape index (κ3) is 3.16. The van der Waals surface area contributed by atoms with Gasteiger partial charge in [0.25, 0.3) is 11.8 Å². The average Bonchev–Trinajstić information content (AvgIpc) is 3.10. The normalized spacial score (nSPS) is 13.5. The summed E-state index contributed by atoms with van der Waals surface area (Å²) in [5.41, 5.74) is 2.60. The first-order chi connectivity index (χ1) is 11.0. The second-order valence-electron chi connectivity index (χ2n) is 5.85. The van der Waals surface area contributed by atoms with E-state index >= 15 is 0 Å². The van der Waals surface area contributed by atoms with Crippen LogP contribution in [0.3, 0.4) is 0 Å². The summed E-state index contributed by atoms with van der Waals surface area (Å²) in [5, 5.41) is 5.28. The van der Waals surface area contributed by atoms with Crippen molar-refractivity contribution in [1.82, 2.24) is 9.88 Å². The molecule has 23 heavy (non-hydrogen) atoms. The van der Waals surface area contributed by atoms with Crippen LogP contribution < -0.4 is 5.32 Å². The molecule has 0 spiro atoms. The Balaban J connectivity index is 1.80. The van der Waals surface area contributed by atoms with Crippen LogP contribution in [0.1, 0.15) is 49.0 Å². The number of nitrogens with one attached hydrogen (secondary N) is 1. The molecule has 5 nitrogen and oxygen atoms in total. The molecule has 0 bridgehead atoms. The van der Waals surface area contributed by atoms with Crippen LogP contribution in [-0.4, -0.2) is 35.8 Å². The van der Waals surface area contributed by atoms with Gasteiger partial charge in [-0.05, 0) is 38.2 Å². The summed E-state index contributed by atoms with van der Waals surface area (Å²) < 4.78 is 0. The van der Waals surface area contributed by atoms with E-state index in [0.717, 1.165) is 24.8 Å². The Hall–Kier alpha value is -1.73. The number of thiophene rings is 1. The molecule has 0 atom stereocenters. The molecule has 3 rings (SSSR count). The van der Waals surface area contributed by atoms with Gasteiger partial charge in [0.2, 0.25) is 0 Å². The van der Waals surface area contributed by atoms with Crippen molar-refractivity contribution >= 4 is 39.6 Å². The lowest BCUT2D eigenvalue weighted by molar-refractivity contribution is 0.0831. The highest BCUT2D eigenvalue weighted by molar-refractivity contribution is 7.17. The molecule has 2 amide bonds. The molecule has 2 heterocycles. The average molecular weight is 349 g/mol. The molecule has 0 aromatic carbocycles. The Morgan fingerprint density at radius 1 is 1.26 bits per heavy atom. The summed E-state index contributed by atoms with van der Waals surface area (Å²) in [6, 6.07) is 0. The summed E-state index contributed by atoms with van der Waals surface area (Å²) in [5.74, 6) is -0.213. The number of amides is 2. The lowest BCUT2D eigenvalue weighted by Gasteiger charge is -2.12. The summed E-state index contributed by atoms with van der Waals surface area (Å²) in [6.07, 6.45) is 4.39. The van der Waals surface area contributed by atoms with Gasteiger partial charge in [0.1, 0.15) is 4.88 Å². The van der Waals surface area contributed by atoms with E-state index in [9.17, 15) is 9.59 Å². The van der Waals surface area contributed by atoms with Crippen molar-refractivity contribution in [3.05, 3.63) is 32.0 Å². The fourth-order valence-corrected chi connectivity index (χ4v) is 4.81. The number of thiazole rings is 1. The number of aromatic nitrogens is 1. The number of anilines is 1. The highest BCUT2D eigenvalue weighted by Gasteiger charge is 2.22. The van der Waals surface area contributed by atoms with Crippen LogP contribution in [0.4, 0.5) is 5.13 Å². The molecule has 7 heteroatoms. The van der Waals surface area contributed by atoms with Crippen molar-refractivity contribution < 1.29 is 9.59 Å². The Kier molecular flexibility index (Phi) is 4.50. The minimum Gasteiger partial charge on any atom is -0.344 e. The minimum atomic E-state index is -0.123. The predicted molar refractivity (Wildman–Crippen MR) is 93.8 cm³/mol. The maximum absolute atomic E-state index is 12.5. The van der Waals surface area contributed by atoms with Crippen molar-refractivity contribution in [2.24, 2.45) is 0 Å². The molecule has 0 unspecified atom stereocenters. The van der Waals surface area contributed by atoms with Crippen LogP contribution in [0.2, 0.25) is 0 Å². The minimum absolute atomic E-state index is 0.0894. The molecule has 0 aliphatic heterocycles. The van der Waals surface area contributed by atoms with Crippen LogP contribution >= 0.6 is 22.7 Å². The van der Waals surface area contributed by atoms with E-state index in [0.29, 0.717) is 15.7 Å². The molecule has 0 saturated carbocycles. The largest absolute Gasteiger partial charge is 0.344 e. The van der Waals surface area contributed by atoms with Gasteiger partial charge in [0.05, 0.1) is 11.3 Å². The number of hydrogen-bond acceptors (Lipinski definition) is 5. The zero-order valence-electron chi connectivity index (χ0n) is 13.4. The molecule has 122 valence electrons. The highest BCUT2D eigenvalue weighted by Crippen LogP contribution is 2.31. The van der Waals surface area contributed by atoms with Crippen molar-refractivity contribution in [2.75, 3.05) is 19.4 Å². The molecule has 1 aliphatic carbocycles.